The molecule has 5 rings (SSSR count). The molecule has 0 radical (unpaired) electrons. The van der Waals surface area contributed by atoms with E-state index in [1.807, 2.05) is 0 Å². The molecule has 0 saturated heterocycles. The average Bonchev–Trinajstić information content (AvgIpc) is 2.91. The minimum absolute atomic E-state index is 0.0393. The molecule has 6 atom stereocenters. The summed E-state index contributed by atoms with van der Waals surface area (Å²) < 4.78 is 0. The Balaban J connectivity index is 1.59. The zero-order chi connectivity index (χ0) is 30.0. The first-order valence-corrected chi connectivity index (χ1v) is 13.5. The molecule has 3 aliphatic carbocycles. The highest BCUT2D eigenvalue weighted by Crippen LogP contribution is 2.51. The van der Waals surface area contributed by atoms with Crippen LogP contribution in [0.2, 0.25) is 0 Å². The van der Waals surface area contributed by atoms with E-state index < -0.39 is 64.4 Å². The standard InChI is InChI=1S/C29H28ClN3O8/c1-33(2)23-17-10-13-9-16-15(12-3-5-14(6-4-12)32-19(35)11-30)7-8-18(34)21(16)24(36)20(13)26(38)29(17,41)27(39)22(25(23)37)28(31)40/h3-8,13,17,20,22-23,34,41H,9-11H2,1-2H3,(H2,31,40)(H,32,35)/t13-,17-,20?,22?,23-,29-/m1/s1. The summed E-state index contributed by atoms with van der Waals surface area (Å²) in [7, 11) is 3.06. The van der Waals surface area contributed by atoms with E-state index in [0.29, 0.717) is 22.4 Å². The highest BCUT2D eigenvalue weighted by atomic mass is 35.5. The molecule has 0 bridgehead atoms. The molecular weight excluding hydrogens is 554 g/mol. The molecule has 11 nitrogen and oxygen atoms in total. The van der Waals surface area contributed by atoms with Crippen molar-refractivity contribution in [1.29, 1.82) is 0 Å². The maximum absolute atomic E-state index is 13.9. The van der Waals surface area contributed by atoms with Crippen LogP contribution in [0.1, 0.15) is 22.3 Å². The van der Waals surface area contributed by atoms with Crippen molar-refractivity contribution < 1.29 is 39.0 Å². The number of nitrogens with zero attached hydrogens (tertiary/aromatic N) is 1. The van der Waals surface area contributed by atoms with E-state index in [2.05, 4.69) is 5.32 Å². The van der Waals surface area contributed by atoms with E-state index in [-0.39, 0.29) is 35.9 Å². The molecule has 3 aliphatic rings. The van der Waals surface area contributed by atoms with Gasteiger partial charge in [-0.2, -0.15) is 0 Å². The van der Waals surface area contributed by atoms with Crippen molar-refractivity contribution in [2.45, 2.75) is 24.5 Å². The van der Waals surface area contributed by atoms with Gasteiger partial charge in [-0.25, -0.2) is 0 Å². The van der Waals surface area contributed by atoms with Crippen molar-refractivity contribution in [2.75, 3.05) is 25.3 Å². The quantitative estimate of drug-likeness (QED) is 0.291. The summed E-state index contributed by atoms with van der Waals surface area (Å²) in [6.07, 6.45) is 0.0999. The Morgan fingerprint density at radius 2 is 1.73 bits per heavy atom. The number of benzene rings is 2. The van der Waals surface area contributed by atoms with Crippen molar-refractivity contribution in [1.82, 2.24) is 4.90 Å². The third-order valence-electron chi connectivity index (χ3n) is 8.55. The second-order valence-corrected chi connectivity index (χ2v) is 11.3. The Hall–Kier alpha value is -3.93. The second-order valence-electron chi connectivity index (χ2n) is 11.0. The third kappa shape index (κ3) is 4.27. The third-order valence-corrected chi connectivity index (χ3v) is 8.79. The number of anilines is 1. The van der Waals surface area contributed by atoms with E-state index in [0.717, 1.165) is 0 Å². The molecule has 5 N–H and O–H groups in total. The number of aromatic hydroxyl groups is 1. The number of halogens is 1. The van der Waals surface area contributed by atoms with Crippen LogP contribution >= 0.6 is 11.6 Å². The predicted molar refractivity (Wildman–Crippen MR) is 146 cm³/mol. The molecule has 41 heavy (non-hydrogen) atoms. The summed E-state index contributed by atoms with van der Waals surface area (Å²) in [5.74, 6) is -11.5. The van der Waals surface area contributed by atoms with E-state index in [1.165, 1.54) is 25.1 Å². The van der Waals surface area contributed by atoms with E-state index >= 15 is 0 Å². The van der Waals surface area contributed by atoms with Crippen LogP contribution in [-0.4, -0.2) is 81.7 Å². The van der Waals surface area contributed by atoms with E-state index in [4.69, 9.17) is 17.3 Å². The van der Waals surface area contributed by atoms with E-state index in [1.54, 1.807) is 30.3 Å². The van der Waals surface area contributed by atoms with Crippen LogP contribution in [0.25, 0.3) is 11.1 Å². The Morgan fingerprint density at radius 3 is 2.32 bits per heavy atom. The first kappa shape index (κ1) is 28.6. The number of hydrogen-bond acceptors (Lipinski definition) is 9. The zero-order valence-electron chi connectivity index (χ0n) is 22.2. The molecule has 12 heteroatoms. The van der Waals surface area contributed by atoms with Gasteiger partial charge in [-0.05, 0) is 67.7 Å². The number of rotatable bonds is 5. The van der Waals surface area contributed by atoms with Crippen molar-refractivity contribution >= 4 is 52.2 Å². The first-order valence-electron chi connectivity index (χ1n) is 13.0. The number of ketones is 4. The van der Waals surface area contributed by atoms with Crippen LogP contribution in [0.3, 0.4) is 0 Å². The largest absolute Gasteiger partial charge is 0.507 e. The van der Waals surface area contributed by atoms with Gasteiger partial charge >= 0.3 is 0 Å². The molecule has 2 aromatic carbocycles. The zero-order valence-corrected chi connectivity index (χ0v) is 23.0. The fourth-order valence-corrected chi connectivity index (χ4v) is 6.87. The van der Waals surface area contributed by atoms with Crippen LogP contribution in [0.5, 0.6) is 5.75 Å². The average molecular weight is 582 g/mol. The number of hydrogen-bond donors (Lipinski definition) is 4. The van der Waals surface area contributed by atoms with Gasteiger partial charge in [0, 0.05) is 11.6 Å². The lowest BCUT2D eigenvalue weighted by Gasteiger charge is -2.52. The highest BCUT2D eigenvalue weighted by Gasteiger charge is 2.69. The van der Waals surface area contributed by atoms with Gasteiger partial charge in [0.25, 0.3) is 0 Å². The summed E-state index contributed by atoms with van der Waals surface area (Å²) in [5.41, 5.74) is 4.76. The normalized spacial score (nSPS) is 29.0. The summed E-state index contributed by atoms with van der Waals surface area (Å²) in [6, 6.07) is 8.57. The van der Waals surface area contributed by atoms with Gasteiger partial charge in [-0.15, -0.1) is 11.6 Å². The van der Waals surface area contributed by atoms with Crippen molar-refractivity contribution in [3.8, 4) is 16.9 Å². The molecule has 0 spiro atoms. The maximum atomic E-state index is 13.9. The molecule has 2 aromatic rings. The number of alkyl halides is 1. The molecule has 214 valence electrons. The van der Waals surface area contributed by atoms with Gasteiger partial charge < -0.3 is 21.3 Å². The van der Waals surface area contributed by atoms with Gasteiger partial charge in [-0.3, -0.25) is 33.7 Å². The molecule has 2 saturated carbocycles. The Labute approximate surface area is 239 Å². The predicted octanol–water partition coefficient (Wildman–Crippen LogP) is 0.711. The topological polar surface area (TPSA) is 184 Å². The smallest absolute Gasteiger partial charge is 0.239 e. The molecular formula is C29H28ClN3O8. The van der Waals surface area contributed by atoms with Crippen LogP contribution in [0.4, 0.5) is 5.69 Å². The number of carbonyl (C=O) groups is 6. The number of nitrogens with one attached hydrogen (secondary N) is 1. The minimum atomic E-state index is -2.77. The second kappa shape index (κ2) is 10.2. The number of aliphatic hydroxyl groups is 1. The Bertz CT molecular complexity index is 1520. The lowest BCUT2D eigenvalue weighted by Crippen LogP contribution is -2.74. The summed E-state index contributed by atoms with van der Waals surface area (Å²) in [5, 5.41) is 25.0. The lowest BCUT2D eigenvalue weighted by molar-refractivity contribution is -0.181. The van der Waals surface area contributed by atoms with E-state index in [9.17, 15) is 39.0 Å². The number of Topliss-reactive ketones (excluding diaryl/α,β-unsaturated/α-hetero) is 4. The van der Waals surface area contributed by atoms with Crippen molar-refractivity contribution in [3.05, 3.63) is 47.5 Å². The molecule has 2 amide bonds. The number of likely N-dealkylation sites (N-methyl/N-ethyl adjacent to an activating group) is 1. The molecule has 0 aromatic heterocycles. The van der Waals surface area contributed by atoms with Crippen molar-refractivity contribution in [3.63, 3.8) is 0 Å². The molecule has 0 aliphatic heterocycles. The fourth-order valence-electron chi connectivity index (χ4n) is 6.80. The van der Waals surface area contributed by atoms with Crippen LogP contribution < -0.4 is 11.1 Å². The van der Waals surface area contributed by atoms with Gasteiger partial charge in [0.15, 0.2) is 34.7 Å². The van der Waals surface area contributed by atoms with Gasteiger partial charge in [0.05, 0.1) is 17.5 Å². The van der Waals surface area contributed by atoms with Crippen molar-refractivity contribution in [2.24, 2.45) is 29.4 Å². The molecule has 0 heterocycles. The highest BCUT2D eigenvalue weighted by molar-refractivity contribution is 6.32. The SMILES string of the molecule is CN(C)[C@H]1C(=O)C(C(N)=O)C(=O)[C@]2(O)C(=O)C3C(=O)c4c(O)ccc(-c5ccc(NC(=O)CCl)cc5)c4C[C@@H]3C[C@H]12. The minimum Gasteiger partial charge on any atom is -0.507 e. The van der Waals surface area contributed by atoms with Crippen LogP contribution in [0, 0.1) is 23.7 Å². The summed E-state index contributed by atoms with van der Waals surface area (Å²) in [6.45, 7) is 0. The fraction of sp³-hybridized carbons (Fsp3) is 0.379. The van der Waals surface area contributed by atoms with Gasteiger partial charge in [0.2, 0.25) is 11.8 Å². The number of phenols is 1. The number of amides is 2. The van der Waals surface area contributed by atoms with Crippen LogP contribution in [0.15, 0.2) is 36.4 Å². The Kier molecular flexibility index (Phi) is 7.09. The van der Waals surface area contributed by atoms with Crippen LogP contribution in [-0.2, 0) is 30.4 Å². The van der Waals surface area contributed by atoms with Gasteiger partial charge in [0.1, 0.15) is 11.6 Å². The number of primary amides is 1. The maximum Gasteiger partial charge on any atom is 0.239 e. The Morgan fingerprint density at radius 1 is 1.07 bits per heavy atom. The number of nitrogens with two attached hydrogens (primary N) is 1. The lowest BCUT2D eigenvalue weighted by atomic mass is 9.52. The number of phenolic OH excluding ortho intramolecular Hbond substituents is 1. The summed E-state index contributed by atoms with van der Waals surface area (Å²) in [4.78, 5) is 79.5. The molecule has 2 fully saturated rings. The summed E-state index contributed by atoms with van der Waals surface area (Å²) >= 11 is 5.55. The number of fused-ring (bicyclic) bond motifs is 3. The monoisotopic (exact) mass is 581 g/mol. The van der Waals surface area contributed by atoms with Gasteiger partial charge in [-0.1, -0.05) is 18.2 Å². The number of carbonyl (C=O) groups excluding carboxylic acids is 6. The first-order chi connectivity index (χ1) is 19.3. The molecule has 2 unspecified atom stereocenters.